The fourth-order valence-corrected chi connectivity index (χ4v) is 2.00. The van der Waals surface area contributed by atoms with Crippen LogP contribution in [0.5, 0.6) is 0 Å². The molecule has 0 aliphatic heterocycles. The predicted octanol–water partition coefficient (Wildman–Crippen LogP) is 1.75. The van der Waals surface area contributed by atoms with Crippen LogP contribution < -0.4 is 5.73 Å². The van der Waals surface area contributed by atoms with Crippen LogP contribution in [0.1, 0.15) is 45.5 Å². The first-order valence-corrected chi connectivity index (χ1v) is 5.73. The molecule has 6 heteroatoms. The van der Waals surface area contributed by atoms with Crippen molar-refractivity contribution in [2.24, 2.45) is 11.7 Å². The molecule has 1 atom stereocenters. The molecule has 0 aromatic carbocycles. The summed E-state index contributed by atoms with van der Waals surface area (Å²) in [5, 5.41) is 6.86. The van der Waals surface area contributed by atoms with Crippen molar-refractivity contribution in [2.45, 2.75) is 39.7 Å². The highest BCUT2D eigenvalue weighted by Gasteiger charge is 2.26. The fourth-order valence-electron chi connectivity index (χ4n) is 1.75. The quantitative estimate of drug-likeness (QED) is 0.790. The number of hydrogen-bond donors (Lipinski definition) is 2. The molecule has 0 bridgehead atoms. The number of carbonyl (C=O) groups is 1. The number of amides is 1. The van der Waals surface area contributed by atoms with E-state index in [9.17, 15) is 4.79 Å². The average Bonchev–Trinajstić information content (AvgIpc) is 2.47. The molecule has 0 spiro atoms. The summed E-state index contributed by atoms with van der Waals surface area (Å²) in [6.07, 6.45) is 0. The number of H-pyrrole nitrogens is 1. The number of nitrogens with zero attached hydrogens (tertiary/aromatic N) is 2. The van der Waals surface area contributed by atoms with Gasteiger partial charge < -0.3 is 5.73 Å². The van der Waals surface area contributed by atoms with Gasteiger partial charge in [-0.25, -0.2) is 0 Å². The molecule has 0 saturated carbocycles. The first-order valence-electron chi connectivity index (χ1n) is 5.32. The van der Waals surface area contributed by atoms with Gasteiger partial charge in [-0.1, -0.05) is 27.7 Å². The zero-order chi connectivity index (χ0) is 12.5. The summed E-state index contributed by atoms with van der Waals surface area (Å²) in [5.74, 6) is 0.657. The number of primary amides is 1. The van der Waals surface area contributed by atoms with Gasteiger partial charge in [-0.15, -0.1) is 0 Å². The van der Waals surface area contributed by atoms with E-state index in [-0.39, 0.29) is 17.7 Å². The summed E-state index contributed by atoms with van der Waals surface area (Å²) < 4.78 is 2.17. The van der Waals surface area contributed by atoms with Crippen LogP contribution in [-0.2, 0) is 4.79 Å². The number of carbonyl (C=O) groups excluding carboxylic acids is 1. The monoisotopic (exact) mass is 242 g/mol. The maximum absolute atomic E-state index is 11.5. The normalized spacial score (nSPS) is 13.4. The SMILES string of the molecule is CC(C)c1n[nH]c(=S)n1C(C(N)=O)C(C)C. The summed E-state index contributed by atoms with van der Waals surface area (Å²) in [5.41, 5.74) is 5.42. The molecule has 1 aromatic heterocycles. The second-order valence-electron chi connectivity index (χ2n) is 4.50. The molecule has 1 amide bonds. The standard InChI is InChI=1S/C10H18N4OS/c1-5(2)7(8(11)15)14-9(6(3)4)12-13-10(14)16/h5-7H,1-4H3,(H2,11,15)(H,13,16). The van der Waals surface area contributed by atoms with Gasteiger partial charge in [-0.05, 0) is 18.1 Å². The minimum atomic E-state index is -0.441. The lowest BCUT2D eigenvalue weighted by Crippen LogP contribution is -2.32. The topological polar surface area (TPSA) is 76.7 Å². The van der Waals surface area contributed by atoms with Crippen molar-refractivity contribution >= 4 is 18.1 Å². The molecule has 0 aliphatic carbocycles. The summed E-state index contributed by atoms with van der Waals surface area (Å²) in [6, 6.07) is -0.441. The van der Waals surface area contributed by atoms with Gasteiger partial charge >= 0.3 is 0 Å². The van der Waals surface area contributed by atoms with Crippen LogP contribution in [-0.4, -0.2) is 20.7 Å². The smallest absolute Gasteiger partial charge is 0.240 e. The van der Waals surface area contributed by atoms with Gasteiger partial charge in [0.05, 0.1) is 0 Å². The number of hydrogen-bond acceptors (Lipinski definition) is 3. The van der Waals surface area contributed by atoms with Crippen LogP contribution in [0.3, 0.4) is 0 Å². The lowest BCUT2D eigenvalue weighted by molar-refractivity contribution is -0.122. The number of aromatic amines is 1. The van der Waals surface area contributed by atoms with Crippen LogP contribution in [0, 0.1) is 10.7 Å². The van der Waals surface area contributed by atoms with E-state index in [2.05, 4.69) is 10.2 Å². The maximum Gasteiger partial charge on any atom is 0.240 e. The minimum Gasteiger partial charge on any atom is -0.368 e. The molecule has 0 fully saturated rings. The second-order valence-corrected chi connectivity index (χ2v) is 4.89. The van der Waals surface area contributed by atoms with E-state index in [1.807, 2.05) is 27.7 Å². The minimum absolute atomic E-state index is 0.0827. The third-order valence-corrected chi connectivity index (χ3v) is 2.74. The summed E-state index contributed by atoms with van der Waals surface area (Å²) in [4.78, 5) is 11.5. The Morgan fingerprint density at radius 1 is 1.44 bits per heavy atom. The lowest BCUT2D eigenvalue weighted by Gasteiger charge is -2.21. The zero-order valence-corrected chi connectivity index (χ0v) is 10.8. The third kappa shape index (κ3) is 2.32. The van der Waals surface area contributed by atoms with Gasteiger partial charge in [0.2, 0.25) is 5.91 Å². The molecule has 3 N–H and O–H groups in total. The Labute approximate surface area is 100 Å². The van der Waals surface area contributed by atoms with Gasteiger partial charge in [0.1, 0.15) is 11.9 Å². The highest BCUT2D eigenvalue weighted by Crippen LogP contribution is 2.23. The average molecular weight is 242 g/mol. The van der Waals surface area contributed by atoms with E-state index in [1.165, 1.54) is 0 Å². The van der Waals surface area contributed by atoms with Gasteiger partial charge in [0, 0.05) is 5.92 Å². The lowest BCUT2D eigenvalue weighted by atomic mass is 10.0. The second kappa shape index (κ2) is 4.78. The van der Waals surface area contributed by atoms with E-state index < -0.39 is 6.04 Å². The van der Waals surface area contributed by atoms with Gasteiger partial charge in [-0.3, -0.25) is 14.5 Å². The Kier molecular flexibility index (Phi) is 3.85. The fraction of sp³-hybridized carbons (Fsp3) is 0.700. The van der Waals surface area contributed by atoms with Crippen LogP contribution in [0.4, 0.5) is 0 Å². The van der Waals surface area contributed by atoms with Crippen LogP contribution in [0.25, 0.3) is 0 Å². The molecule has 90 valence electrons. The van der Waals surface area contributed by atoms with Gasteiger partial charge in [0.15, 0.2) is 4.77 Å². The molecular formula is C10H18N4OS. The van der Waals surface area contributed by atoms with Crippen molar-refractivity contribution in [3.05, 3.63) is 10.6 Å². The molecule has 0 radical (unpaired) electrons. The van der Waals surface area contributed by atoms with Crippen molar-refractivity contribution in [1.29, 1.82) is 0 Å². The predicted molar refractivity (Wildman–Crippen MR) is 64.6 cm³/mol. The van der Waals surface area contributed by atoms with E-state index >= 15 is 0 Å². The number of nitrogens with two attached hydrogens (primary N) is 1. The molecule has 0 saturated heterocycles. The molecule has 1 unspecified atom stereocenters. The Hall–Kier alpha value is -1.17. The zero-order valence-electron chi connectivity index (χ0n) is 10.0. The molecular weight excluding hydrogens is 224 g/mol. The molecule has 1 aromatic rings. The highest BCUT2D eigenvalue weighted by molar-refractivity contribution is 7.71. The number of aromatic nitrogens is 3. The Morgan fingerprint density at radius 3 is 2.38 bits per heavy atom. The Bertz CT molecular complexity index is 432. The summed E-state index contributed by atoms with van der Waals surface area (Å²) in [6.45, 7) is 7.88. The molecule has 5 nitrogen and oxygen atoms in total. The first kappa shape index (κ1) is 12.9. The first-order chi connectivity index (χ1) is 7.36. The van der Waals surface area contributed by atoms with Crippen LogP contribution in [0.15, 0.2) is 0 Å². The number of rotatable bonds is 4. The highest BCUT2D eigenvalue weighted by atomic mass is 32.1. The van der Waals surface area contributed by atoms with Crippen LogP contribution in [0.2, 0.25) is 0 Å². The molecule has 16 heavy (non-hydrogen) atoms. The van der Waals surface area contributed by atoms with Gasteiger partial charge in [0.25, 0.3) is 0 Å². The van der Waals surface area contributed by atoms with Gasteiger partial charge in [-0.2, -0.15) is 5.10 Å². The van der Waals surface area contributed by atoms with E-state index in [1.54, 1.807) is 4.57 Å². The third-order valence-electron chi connectivity index (χ3n) is 2.45. The van der Waals surface area contributed by atoms with Crippen molar-refractivity contribution < 1.29 is 4.79 Å². The Balaban J connectivity index is 3.34. The van der Waals surface area contributed by atoms with Crippen molar-refractivity contribution in [1.82, 2.24) is 14.8 Å². The largest absolute Gasteiger partial charge is 0.368 e. The van der Waals surface area contributed by atoms with Crippen molar-refractivity contribution in [3.8, 4) is 0 Å². The van der Waals surface area contributed by atoms with E-state index in [4.69, 9.17) is 18.0 Å². The summed E-state index contributed by atoms with van der Waals surface area (Å²) in [7, 11) is 0. The van der Waals surface area contributed by atoms with E-state index in [0.29, 0.717) is 4.77 Å². The van der Waals surface area contributed by atoms with Crippen molar-refractivity contribution in [3.63, 3.8) is 0 Å². The molecule has 1 heterocycles. The van der Waals surface area contributed by atoms with Crippen molar-refractivity contribution in [2.75, 3.05) is 0 Å². The molecule has 1 rings (SSSR count). The number of nitrogens with one attached hydrogen (secondary N) is 1. The Morgan fingerprint density at radius 2 is 2.00 bits per heavy atom. The van der Waals surface area contributed by atoms with E-state index in [0.717, 1.165) is 5.82 Å². The maximum atomic E-state index is 11.5. The van der Waals surface area contributed by atoms with Crippen LogP contribution >= 0.6 is 12.2 Å². The summed E-state index contributed by atoms with van der Waals surface area (Å²) >= 11 is 5.14. The molecule has 0 aliphatic rings.